The molecule has 118 valence electrons. The van der Waals surface area contributed by atoms with Crippen molar-refractivity contribution in [1.29, 1.82) is 0 Å². The monoisotopic (exact) mass is 291 g/mol. The van der Waals surface area contributed by atoms with Crippen molar-refractivity contribution < 1.29 is 4.74 Å². The zero-order valence-electron chi connectivity index (χ0n) is 13.5. The fourth-order valence-electron chi connectivity index (χ4n) is 2.75. The highest BCUT2D eigenvalue weighted by Gasteiger charge is 2.10. The molecular formula is C17H29N3O. The molecule has 1 heterocycles. The summed E-state index contributed by atoms with van der Waals surface area (Å²) in [5, 5.41) is 6.89. The number of nitrogens with one attached hydrogen (secondary N) is 2. The van der Waals surface area contributed by atoms with Crippen LogP contribution in [0.3, 0.4) is 0 Å². The Kier molecular flexibility index (Phi) is 7.00. The lowest BCUT2D eigenvalue weighted by Gasteiger charge is -2.20. The van der Waals surface area contributed by atoms with E-state index < -0.39 is 0 Å². The summed E-state index contributed by atoms with van der Waals surface area (Å²) in [7, 11) is 1.76. The van der Waals surface area contributed by atoms with Crippen molar-refractivity contribution in [1.82, 2.24) is 15.5 Å². The fourth-order valence-corrected chi connectivity index (χ4v) is 2.75. The summed E-state index contributed by atoms with van der Waals surface area (Å²) >= 11 is 0. The Hall–Kier alpha value is -1.10. The number of hydrogen-bond donors (Lipinski definition) is 2. The molecule has 4 nitrogen and oxygen atoms in total. The zero-order chi connectivity index (χ0) is 14.9. The van der Waals surface area contributed by atoms with Crippen molar-refractivity contribution in [2.24, 2.45) is 0 Å². The predicted molar refractivity (Wildman–Crippen MR) is 87.8 cm³/mol. The van der Waals surface area contributed by atoms with Crippen molar-refractivity contribution in [3.8, 4) is 5.75 Å². The van der Waals surface area contributed by atoms with Gasteiger partial charge in [0.15, 0.2) is 0 Å². The van der Waals surface area contributed by atoms with Gasteiger partial charge >= 0.3 is 0 Å². The summed E-state index contributed by atoms with van der Waals surface area (Å²) in [5.41, 5.74) is 2.58. The van der Waals surface area contributed by atoms with Crippen LogP contribution in [-0.4, -0.2) is 44.7 Å². The predicted octanol–water partition coefficient (Wildman–Crippen LogP) is 1.99. The first-order valence-electron chi connectivity index (χ1n) is 8.13. The van der Waals surface area contributed by atoms with E-state index in [1.54, 1.807) is 7.11 Å². The van der Waals surface area contributed by atoms with Gasteiger partial charge in [0.25, 0.3) is 0 Å². The molecule has 0 bridgehead atoms. The van der Waals surface area contributed by atoms with E-state index in [2.05, 4.69) is 40.7 Å². The Labute approximate surface area is 128 Å². The van der Waals surface area contributed by atoms with E-state index in [1.807, 2.05) is 0 Å². The molecule has 1 aliphatic heterocycles. The van der Waals surface area contributed by atoms with Gasteiger partial charge in [-0.15, -0.1) is 0 Å². The average molecular weight is 291 g/mol. The van der Waals surface area contributed by atoms with Gasteiger partial charge in [-0.3, -0.25) is 4.90 Å². The van der Waals surface area contributed by atoms with Crippen LogP contribution in [0, 0.1) is 0 Å². The molecule has 1 aliphatic rings. The molecule has 21 heavy (non-hydrogen) atoms. The highest BCUT2D eigenvalue weighted by molar-refractivity contribution is 5.37. The standard InChI is InChI=1S/C17H29N3O/c1-3-7-19-13-16-6-5-15(12-17(16)21-2)14-20-10-4-8-18-9-11-20/h5-6,12,18-19H,3-4,7-11,13-14H2,1-2H3. The van der Waals surface area contributed by atoms with Crippen LogP contribution in [0.4, 0.5) is 0 Å². The quantitative estimate of drug-likeness (QED) is 0.753. The fraction of sp³-hybridized carbons (Fsp3) is 0.647. The smallest absolute Gasteiger partial charge is 0.123 e. The second-order valence-corrected chi connectivity index (χ2v) is 5.70. The molecule has 0 atom stereocenters. The highest BCUT2D eigenvalue weighted by atomic mass is 16.5. The number of hydrogen-bond acceptors (Lipinski definition) is 4. The Bertz CT molecular complexity index is 414. The van der Waals surface area contributed by atoms with Crippen molar-refractivity contribution in [2.45, 2.75) is 32.9 Å². The molecule has 0 unspecified atom stereocenters. The molecule has 4 heteroatoms. The minimum Gasteiger partial charge on any atom is -0.496 e. The van der Waals surface area contributed by atoms with Gasteiger partial charge in [-0.1, -0.05) is 19.1 Å². The van der Waals surface area contributed by atoms with Gasteiger partial charge in [0.05, 0.1) is 7.11 Å². The summed E-state index contributed by atoms with van der Waals surface area (Å²) in [6, 6.07) is 6.64. The van der Waals surface area contributed by atoms with Crippen LogP contribution >= 0.6 is 0 Å². The molecule has 1 aromatic rings. The maximum atomic E-state index is 5.56. The largest absolute Gasteiger partial charge is 0.496 e. The lowest BCUT2D eigenvalue weighted by Crippen LogP contribution is -2.27. The first-order chi connectivity index (χ1) is 10.3. The molecule has 0 saturated carbocycles. The van der Waals surface area contributed by atoms with E-state index in [0.29, 0.717) is 0 Å². The molecule has 1 aromatic carbocycles. The molecule has 0 spiro atoms. The van der Waals surface area contributed by atoms with Gasteiger partial charge in [-0.25, -0.2) is 0 Å². The number of methoxy groups -OCH3 is 1. The van der Waals surface area contributed by atoms with Crippen molar-refractivity contribution in [3.05, 3.63) is 29.3 Å². The van der Waals surface area contributed by atoms with E-state index in [4.69, 9.17) is 4.74 Å². The first kappa shape index (κ1) is 16.3. The Morgan fingerprint density at radius 1 is 1.29 bits per heavy atom. The first-order valence-corrected chi connectivity index (χ1v) is 8.13. The number of benzene rings is 1. The van der Waals surface area contributed by atoms with Crippen LogP contribution in [0.5, 0.6) is 5.75 Å². The van der Waals surface area contributed by atoms with Gasteiger partial charge in [-0.05, 0) is 44.1 Å². The van der Waals surface area contributed by atoms with E-state index in [9.17, 15) is 0 Å². The molecule has 0 amide bonds. The van der Waals surface area contributed by atoms with Crippen LogP contribution < -0.4 is 15.4 Å². The molecule has 0 radical (unpaired) electrons. The highest BCUT2D eigenvalue weighted by Crippen LogP contribution is 2.21. The van der Waals surface area contributed by atoms with Crippen molar-refractivity contribution in [3.63, 3.8) is 0 Å². The van der Waals surface area contributed by atoms with Crippen molar-refractivity contribution >= 4 is 0 Å². The summed E-state index contributed by atoms with van der Waals surface area (Å²) in [6.07, 6.45) is 2.39. The van der Waals surface area contributed by atoms with Crippen molar-refractivity contribution in [2.75, 3.05) is 39.8 Å². The van der Waals surface area contributed by atoms with Crippen LogP contribution in [-0.2, 0) is 13.1 Å². The van der Waals surface area contributed by atoms with Crippen LogP contribution in [0.25, 0.3) is 0 Å². The third-order valence-corrected chi connectivity index (χ3v) is 3.93. The van der Waals surface area contributed by atoms with Crippen LogP contribution in [0.15, 0.2) is 18.2 Å². The van der Waals surface area contributed by atoms with E-state index in [0.717, 1.165) is 51.4 Å². The Balaban J connectivity index is 1.96. The normalized spacial score (nSPS) is 16.7. The van der Waals surface area contributed by atoms with E-state index in [-0.39, 0.29) is 0 Å². The van der Waals surface area contributed by atoms with Gasteiger partial charge in [0.1, 0.15) is 5.75 Å². The summed E-state index contributed by atoms with van der Waals surface area (Å²) < 4.78 is 5.56. The summed E-state index contributed by atoms with van der Waals surface area (Å²) in [6.45, 7) is 9.66. The van der Waals surface area contributed by atoms with Gasteiger partial charge in [0.2, 0.25) is 0 Å². The maximum absolute atomic E-state index is 5.56. The minimum atomic E-state index is 0.880. The van der Waals surface area contributed by atoms with Crippen LogP contribution in [0.1, 0.15) is 30.9 Å². The van der Waals surface area contributed by atoms with E-state index >= 15 is 0 Å². The lowest BCUT2D eigenvalue weighted by molar-refractivity contribution is 0.284. The second kappa shape index (κ2) is 9.03. The van der Waals surface area contributed by atoms with Gasteiger partial charge < -0.3 is 15.4 Å². The maximum Gasteiger partial charge on any atom is 0.123 e. The zero-order valence-corrected chi connectivity index (χ0v) is 13.5. The molecule has 0 aromatic heterocycles. The average Bonchev–Trinajstić information content (AvgIpc) is 2.77. The number of rotatable bonds is 7. The third-order valence-electron chi connectivity index (χ3n) is 3.93. The SMILES string of the molecule is CCCNCc1ccc(CN2CCCNCC2)cc1OC. The molecular weight excluding hydrogens is 262 g/mol. The third kappa shape index (κ3) is 5.30. The molecule has 2 rings (SSSR count). The van der Waals surface area contributed by atoms with Gasteiger partial charge in [0, 0.05) is 31.7 Å². The Morgan fingerprint density at radius 3 is 3.00 bits per heavy atom. The minimum absolute atomic E-state index is 0.880. The topological polar surface area (TPSA) is 36.5 Å². The Morgan fingerprint density at radius 2 is 2.19 bits per heavy atom. The lowest BCUT2D eigenvalue weighted by atomic mass is 10.1. The number of nitrogens with zero attached hydrogens (tertiary/aromatic N) is 1. The number of ether oxygens (including phenoxy) is 1. The van der Waals surface area contributed by atoms with Gasteiger partial charge in [-0.2, -0.15) is 0 Å². The van der Waals surface area contributed by atoms with Crippen LogP contribution in [0.2, 0.25) is 0 Å². The molecule has 2 N–H and O–H groups in total. The second-order valence-electron chi connectivity index (χ2n) is 5.70. The summed E-state index contributed by atoms with van der Waals surface area (Å²) in [5.74, 6) is 1.00. The molecule has 1 fully saturated rings. The molecule has 0 aliphatic carbocycles. The summed E-state index contributed by atoms with van der Waals surface area (Å²) in [4.78, 5) is 2.52. The van der Waals surface area contributed by atoms with E-state index in [1.165, 1.54) is 24.1 Å². The molecule has 1 saturated heterocycles.